The molecule has 0 spiro atoms. The maximum absolute atomic E-state index is 11.4. The van der Waals surface area contributed by atoms with E-state index in [-0.39, 0.29) is 0 Å². The van der Waals surface area contributed by atoms with Crippen LogP contribution in [0.15, 0.2) is 23.8 Å². The SMILES string of the molecule is Cc1nc(-c2c[nH]c3ncc(C4CCC(=O)CC4)cc23)cs1. The first kappa shape index (κ1) is 13.6. The van der Waals surface area contributed by atoms with Crippen molar-refractivity contribution in [3.63, 3.8) is 0 Å². The average Bonchev–Trinajstić information content (AvgIpc) is 3.13. The third-order valence-electron chi connectivity index (χ3n) is 4.46. The number of thiazole rings is 1. The highest BCUT2D eigenvalue weighted by atomic mass is 32.1. The van der Waals surface area contributed by atoms with Gasteiger partial charge in [-0.25, -0.2) is 9.97 Å². The lowest BCUT2D eigenvalue weighted by Gasteiger charge is -2.21. The van der Waals surface area contributed by atoms with Crippen LogP contribution in [0.1, 0.15) is 42.2 Å². The molecule has 4 rings (SSSR count). The molecule has 3 aromatic heterocycles. The maximum atomic E-state index is 11.4. The number of fused-ring (bicyclic) bond motifs is 1. The number of nitrogens with zero attached hydrogens (tertiary/aromatic N) is 2. The number of H-pyrrole nitrogens is 1. The van der Waals surface area contributed by atoms with Crippen molar-refractivity contribution in [1.82, 2.24) is 15.0 Å². The highest BCUT2D eigenvalue weighted by Gasteiger charge is 2.21. The molecular formula is C17H17N3OS. The Morgan fingerprint density at radius 2 is 2.14 bits per heavy atom. The molecule has 1 N–H and O–H groups in total. The summed E-state index contributed by atoms with van der Waals surface area (Å²) >= 11 is 1.66. The molecule has 3 heterocycles. The number of carbonyl (C=O) groups excluding carboxylic acids is 1. The highest BCUT2D eigenvalue weighted by molar-refractivity contribution is 7.09. The number of rotatable bonds is 2. The van der Waals surface area contributed by atoms with Gasteiger partial charge in [-0.15, -0.1) is 11.3 Å². The van der Waals surface area contributed by atoms with Crippen LogP contribution >= 0.6 is 11.3 Å². The van der Waals surface area contributed by atoms with Gasteiger partial charge in [0, 0.05) is 41.6 Å². The van der Waals surface area contributed by atoms with Crippen LogP contribution in [0.2, 0.25) is 0 Å². The normalized spacial score (nSPS) is 16.5. The van der Waals surface area contributed by atoms with Gasteiger partial charge in [0.1, 0.15) is 11.4 Å². The van der Waals surface area contributed by atoms with Crippen LogP contribution in [0.25, 0.3) is 22.3 Å². The molecule has 3 aromatic rings. The summed E-state index contributed by atoms with van der Waals surface area (Å²) in [4.78, 5) is 23.8. The van der Waals surface area contributed by atoms with Crippen LogP contribution < -0.4 is 0 Å². The summed E-state index contributed by atoms with van der Waals surface area (Å²) < 4.78 is 0. The number of hydrogen-bond acceptors (Lipinski definition) is 4. The van der Waals surface area contributed by atoms with Crippen molar-refractivity contribution in [3.05, 3.63) is 34.4 Å². The van der Waals surface area contributed by atoms with E-state index in [0.717, 1.165) is 40.1 Å². The summed E-state index contributed by atoms with van der Waals surface area (Å²) in [7, 11) is 0. The van der Waals surface area contributed by atoms with Crippen LogP contribution in [0.5, 0.6) is 0 Å². The van der Waals surface area contributed by atoms with E-state index < -0.39 is 0 Å². The van der Waals surface area contributed by atoms with Crippen molar-refractivity contribution in [2.24, 2.45) is 0 Å². The fraction of sp³-hybridized carbons (Fsp3) is 0.353. The summed E-state index contributed by atoms with van der Waals surface area (Å²) in [5.74, 6) is 0.847. The molecule has 0 radical (unpaired) electrons. The molecule has 0 amide bonds. The zero-order chi connectivity index (χ0) is 15.1. The first-order chi connectivity index (χ1) is 10.7. The standard InChI is InChI=1S/C17H17N3OS/c1-10-20-16(9-22-10)15-8-19-17-14(15)6-12(7-18-17)11-2-4-13(21)5-3-11/h6-9,11H,2-5H2,1H3,(H,18,19). The number of Topliss-reactive ketones (excluding diaryl/α,β-unsaturated/α-hetero) is 1. The molecule has 1 aliphatic rings. The van der Waals surface area contributed by atoms with Crippen LogP contribution in [0.4, 0.5) is 0 Å². The Morgan fingerprint density at radius 3 is 2.86 bits per heavy atom. The Morgan fingerprint density at radius 1 is 1.32 bits per heavy atom. The van der Waals surface area contributed by atoms with E-state index in [1.165, 1.54) is 5.56 Å². The van der Waals surface area contributed by atoms with Gasteiger partial charge >= 0.3 is 0 Å². The van der Waals surface area contributed by atoms with Crippen molar-refractivity contribution in [1.29, 1.82) is 0 Å². The summed E-state index contributed by atoms with van der Waals surface area (Å²) in [6.07, 6.45) is 7.24. The molecule has 0 saturated heterocycles. The number of pyridine rings is 1. The number of carbonyl (C=O) groups is 1. The number of hydrogen-bond donors (Lipinski definition) is 1. The van der Waals surface area contributed by atoms with Gasteiger partial charge in [-0.2, -0.15) is 0 Å². The predicted molar refractivity (Wildman–Crippen MR) is 88.2 cm³/mol. The Bertz CT molecular complexity index is 839. The van der Waals surface area contributed by atoms with Crippen molar-refractivity contribution < 1.29 is 4.79 Å². The number of nitrogens with one attached hydrogen (secondary N) is 1. The molecule has 1 aliphatic carbocycles. The van der Waals surface area contributed by atoms with E-state index >= 15 is 0 Å². The highest BCUT2D eigenvalue weighted by Crippen LogP contribution is 2.34. The zero-order valence-corrected chi connectivity index (χ0v) is 13.2. The lowest BCUT2D eigenvalue weighted by molar-refractivity contribution is -0.120. The van der Waals surface area contributed by atoms with E-state index in [1.807, 2.05) is 19.3 Å². The molecule has 1 saturated carbocycles. The summed E-state index contributed by atoms with van der Waals surface area (Å²) in [5, 5.41) is 4.28. The van der Waals surface area contributed by atoms with Crippen molar-refractivity contribution in [3.8, 4) is 11.3 Å². The second-order valence-electron chi connectivity index (χ2n) is 5.93. The van der Waals surface area contributed by atoms with Gasteiger partial charge in [-0.1, -0.05) is 0 Å². The van der Waals surface area contributed by atoms with E-state index in [1.54, 1.807) is 11.3 Å². The number of aromatic amines is 1. The lowest BCUT2D eigenvalue weighted by atomic mass is 9.84. The fourth-order valence-corrected chi connectivity index (χ4v) is 3.83. The Kier molecular flexibility index (Phi) is 3.30. The molecule has 4 nitrogen and oxygen atoms in total. The van der Waals surface area contributed by atoms with Gasteiger partial charge in [-0.05, 0) is 37.3 Å². The second-order valence-corrected chi connectivity index (χ2v) is 6.99. The monoisotopic (exact) mass is 311 g/mol. The number of aryl methyl sites for hydroxylation is 1. The molecule has 112 valence electrons. The molecular weight excluding hydrogens is 294 g/mol. The van der Waals surface area contributed by atoms with Crippen molar-refractivity contribution in [2.45, 2.75) is 38.5 Å². The molecule has 22 heavy (non-hydrogen) atoms. The Labute approximate surface area is 132 Å². The molecule has 0 aromatic carbocycles. The van der Waals surface area contributed by atoms with Crippen molar-refractivity contribution in [2.75, 3.05) is 0 Å². The number of aromatic nitrogens is 3. The van der Waals surface area contributed by atoms with Gasteiger partial charge in [0.15, 0.2) is 0 Å². The average molecular weight is 311 g/mol. The smallest absolute Gasteiger partial charge is 0.137 e. The quantitative estimate of drug-likeness (QED) is 0.771. The van der Waals surface area contributed by atoms with Crippen molar-refractivity contribution >= 4 is 28.2 Å². The van der Waals surface area contributed by atoms with Crippen LogP contribution in [0, 0.1) is 6.92 Å². The van der Waals surface area contributed by atoms with Crippen LogP contribution in [0.3, 0.4) is 0 Å². The zero-order valence-electron chi connectivity index (χ0n) is 12.4. The van der Waals surface area contributed by atoms with Gasteiger partial charge in [0.05, 0.1) is 10.7 Å². The second kappa shape index (κ2) is 5.32. The molecule has 0 aliphatic heterocycles. The number of ketones is 1. The largest absolute Gasteiger partial charge is 0.345 e. The molecule has 1 fully saturated rings. The molecule has 5 heteroatoms. The van der Waals surface area contributed by atoms with E-state index in [2.05, 4.69) is 26.4 Å². The third-order valence-corrected chi connectivity index (χ3v) is 5.24. The van der Waals surface area contributed by atoms with E-state index in [9.17, 15) is 4.79 Å². The minimum atomic E-state index is 0.394. The maximum Gasteiger partial charge on any atom is 0.137 e. The predicted octanol–water partition coefficient (Wildman–Crippen LogP) is 4.22. The fourth-order valence-electron chi connectivity index (χ4n) is 3.21. The third kappa shape index (κ3) is 2.35. The van der Waals surface area contributed by atoms with Gasteiger partial charge in [-0.3, -0.25) is 4.79 Å². The van der Waals surface area contributed by atoms with Crippen LogP contribution in [-0.2, 0) is 4.79 Å². The molecule has 0 bridgehead atoms. The van der Waals surface area contributed by atoms with Crippen LogP contribution in [-0.4, -0.2) is 20.7 Å². The summed E-state index contributed by atoms with van der Waals surface area (Å²) in [5.41, 5.74) is 4.26. The van der Waals surface area contributed by atoms with E-state index in [4.69, 9.17) is 0 Å². The minimum Gasteiger partial charge on any atom is -0.345 e. The first-order valence-corrected chi connectivity index (χ1v) is 8.50. The minimum absolute atomic E-state index is 0.394. The van der Waals surface area contributed by atoms with Gasteiger partial charge < -0.3 is 4.98 Å². The molecule has 0 atom stereocenters. The van der Waals surface area contributed by atoms with E-state index in [0.29, 0.717) is 24.5 Å². The topological polar surface area (TPSA) is 58.6 Å². The summed E-state index contributed by atoms with van der Waals surface area (Å²) in [6.45, 7) is 2.02. The lowest BCUT2D eigenvalue weighted by Crippen LogP contribution is -2.12. The Balaban J connectivity index is 1.75. The summed E-state index contributed by atoms with van der Waals surface area (Å²) in [6, 6.07) is 2.23. The van der Waals surface area contributed by atoms with Gasteiger partial charge in [0.25, 0.3) is 0 Å². The first-order valence-electron chi connectivity index (χ1n) is 7.62. The Hall–Kier alpha value is -2.01. The molecule has 0 unspecified atom stereocenters. The van der Waals surface area contributed by atoms with Gasteiger partial charge in [0.2, 0.25) is 0 Å².